The fourth-order valence-corrected chi connectivity index (χ4v) is 2.15. The molecule has 1 saturated heterocycles. The minimum Gasteiger partial charge on any atom is -0.457 e. The van der Waals surface area contributed by atoms with Crippen LogP contribution in [-0.4, -0.2) is 23.0 Å². The van der Waals surface area contributed by atoms with Crippen LogP contribution in [0.2, 0.25) is 0 Å². The maximum absolute atomic E-state index is 11.9. The van der Waals surface area contributed by atoms with Gasteiger partial charge in [0.2, 0.25) is 0 Å². The number of thiocarbonyl (C=S) groups is 1. The first-order valence-corrected chi connectivity index (χ1v) is 6.52. The molecule has 1 fully saturated rings. The molecule has 0 unspecified atom stereocenters. The summed E-state index contributed by atoms with van der Waals surface area (Å²) in [4.78, 5) is 13.3. The fraction of sp³-hybridized carbons (Fsp3) is 0.0667. The molecular weight excluding hydrogens is 272 g/mol. The lowest BCUT2D eigenvalue weighted by Gasteiger charge is -2.02. The molecule has 0 spiro atoms. The second kappa shape index (κ2) is 4.94. The van der Waals surface area contributed by atoms with E-state index in [0.29, 0.717) is 16.6 Å². The van der Waals surface area contributed by atoms with E-state index in [1.165, 1.54) is 4.90 Å². The monoisotopic (exact) mass is 284 g/mol. The van der Waals surface area contributed by atoms with Crippen LogP contribution >= 0.6 is 12.2 Å². The largest absolute Gasteiger partial charge is 0.457 e. The van der Waals surface area contributed by atoms with E-state index in [0.717, 1.165) is 11.3 Å². The molecule has 2 aromatic rings. The second-order valence-corrected chi connectivity index (χ2v) is 4.81. The Morgan fingerprint density at radius 3 is 2.60 bits per heavy atom. The molecule has 1 N–H and O–H groups in total. The van der Waals surface area contributed by atoms with E-state index in [1.54, 1.807) is 13.1 Å². The topological polar surface area (TPSA) is 45.5 Å². The summed E-state index contributed by atoms with van der Waals surface area (Å²) in [6.45, 7) is 0. The molecule has 1 aliphatic rings. The first-order chi connectivity index (χ1) is 9.65. The zero-order valence-corrected chi connectivity index (χ0v) is 11.6. The number of rotatable bonds is 2. The summed E-state index contributed by atoms with van der Waals surface area (Å²) in [5.41, 5.74) is 1.42. The normalized spacial score (nSPS) is 16.9. The van der Waals surface area contributed by atoms with Gasteiger partial charge in [-0.2, -0.15) is 0 Å². The quantitative estimate of drug-likeness (QED) is 0.680. The molecule has 1 amide bonds. The molecule has 0 radical (unpaired) electrons. The molecule has 0 bridgehead atoms. The van der Waals surface area contributed by atoms with Crippen molar-refractivity contribution in [1.29, 1.82) is 0 Å². The highest BCUT2D eigenvalue weighted by Crippen LogP contribution is 2.23. The van der Waals surface area contributed by atoms with Crippen LogP contribution in [0.4, 0.5) is 0 Å². The molecule has 1 aromatic carbocycles. The van der Waals surface area contributed by atoms with Gasteiger partial charge in [-0.25, -0.2) is 0 Å². The first kappa shape index (κ1) is 12.6. The van der Waals surface area contributed by atoms with Gasteiger partial charge < -0.3 is 9.73 Å². The van der Waals surface area contributed by atoms with Crippen molar-refractivity contribution in [3.63, 3.8) is 0 Å². The third-order valence-corrected chi connectivity index (χ3v) is 3.43. The first-order valence-electron chi connectivity index (χ1n) is 6.11. The van der Waals surface area contributed by atoms with E-state index < -0.39 is 0 Å². The molecule has 3 rings (SSSR count). The Hall–Kier alpha value is -2.40. The van der Waals surface area contributed by atoms with Crippen LogP contribution in [0.3, 0.4) is 0 Å². The van der Waals surface area contributed by atoms with Crippen LogP contribution in [-0.2, 0) is 4.79 Å². The molecule has 0 aliphatic carbocycles. The molecule has 1 aromatic heterocycles. The van der Waals surface area contributed by atoms with E-state index in [4.69, 9.17) is 16.6 Å². The molecule has 20 heavy (non-hydrogen) atoms. The fourth-order valence-electron chi connectivity index (χ4n) is 1.95. The van der Waals surface area contributed by atoms with Gasteiger partial charge >= 0.3 is 0 Å². The smallest absolute Gasteiger partial charge is 0.276 e. The third-order valence-electron chi connectivity index (χ3n) is 3.05. The summed E-state index contributed by atoms with van der Waals surface area (Å²) >= 11 is 5.02. The summed E-state index contributed by atoms with van der Waals surface area (Å²) in [6.07, 6.45) is 1.66. The number of benzene rings is 1. The van der Waals surface area contributed by atoms with E-state index in [9.17, 15) is 4.79 Å². The Morgan fingerprint density at radius 2 is 1.95 bits per heavy atom. The van der Waals surface area contributed by atoms with Crippen molar-refractivity contribution >= 4 is 29.3 Å². The summed E-state index contributed by atoms with van der Waals surface area (Å²) in [7, 11) is 1.63. The van der Waals surface area contributed by atoms with Crippen molar-refractivity contribution in [1.82, 2.24) is 10.2 Å². The average Bonchev–Trinajstić information content (AvgIpc) is 3.02. The average molecular weight is 284 g/mol. The van der Waals surface area contributed by atoms with Crippen molar-refractivity contribution in [2.24, 2.45) is 0 Å². The van der Waals surface area contributed by atoms with E-state index in [2.05, 4.69) is 5.32 Å². The van der Waals surface area contributed by atoms with Crippen molar-refractivity contribution < 1.29 is 9.21 Å². The minimum atomic E-state index is -0.160. The van der Waals surface area contributed by atoms with Gasteiger partial charge in [0.1, 0.15) is 17.2 Å². The minimum absolute atomic E-state index is 0.160. The highest BCUT2D eigenvalue weighted by molar-refractivity contribution is 7.80. The van der Waals surface area contributed by atoms with E-state index in [-0.39, 0.29) is 5.91 Å². The van der Waals surface area contributed by atoms with E-state index in [1.807, 2.05) is 42.5 Å². The molecule has 2 heterocycles. The van der Waals surface area contributed by atoms with Gasteiger partial charge in [-0.05, 0) is 24.4 Å². The van der Waals surface area contributed by atoms with Crippen molar-refractivity contribution in [2.75, 3.05) is 7.05 Å². The number of carbonyl (C=O) groups is 1. The van der Waals surface area contributed by atoms with Gasteiger partial charge in [0.25, 0.3) is 5.91 Å². The van der Waals surface area contributed by atoms with Crippen LogP contribution in [0, 0.1) is 0 Å². The lowest BCUT2D eigenvalue weighted by molar-refractivity contribution is -0.121. The molecule has 5 heteroatoms. The van der Waals surface area contributed by atoms with Crippen LogP contribution in [0.1, 0.15) is 5.76 Å². The number of hydrogen-bond acceptors (Lipinski definition) is 3. The Kier molecular flexibility index (Phi) is 3.12. The van der Waals surface area contributed by atoms with E-state index >= 15 is 0 Å². The number of nitrogens with one attached hydrogen (secondary N) is 1. The summed E-state index contributed by atoms with van der Waals surface area (Å²) < 4.78 is 5.72. The third kappa shape index (κ3) is 2.23. The van der Waals surface area contributed by atoms with Crippen molar-refractivity contribution in [2.45, 2.75) is 0 Å². The van der Waals surface area contributed by atoms with Crippen molar-refractivity contribution in [3.8, 4) is 11.3 Å². The number of amides is 1. The lowest BCUT2D eigenvalue weighted by atomic mass is 10.2. The molecule has 4 nitrogen and oxygen atoms in total. The standard InChI is InChI=1S/C15H12N2O2S/c1-17-14(18)12(16-15(17)20)9-11-7-8-13(19-11)10-5-3-2-4-6-10/h2-9H,1H3,(H,16,20). The van der Waals surface area contributed by atoms with Gasteiger partial charge in [0.05, 0.1) is 0 Å². The van der Waals surface area contributed by atoms with Gasteiger partial charge in [-0.3, -0.25) is 9.69 Å². The summed E-state index contributed by atoms with van der Waals surface area (Å²) in [5, 5.41) is 3.26. The van der Waals surface area contributed by atoms with Crippen LogP contribution in [0.5, 0.6) is 0 Å². The Labute approximate surface area is 121 Å². The van der Waals surface area contributed by atoms with Gasteiger partial charge in [0.15, 0.2) is 5.11 Å². The maximum Gasteiger partial charge on any atom is 0.276 e. The second-order valence-electron chi connectivity index (χ2n) is 4.42. The zero-order chi connectivity index (χ0) is 14.1. The van der Waals surface area contributed by atoms with Crippen LogP contribution < -0.4 is 5.32 Å². The highest BCUT2D eigenvalue weighted by Gasteiger charge is 2.27. The summed E-state index contributed by atoms with van der Waals surface area (Å²) in [6, 6.07) is 13.5. The Morgan fingerprint density at radius 1 is 1.20 bits per heavy atom. The van der Waals surface area contributed by atoms with Crippen molar-refractivity contribution in [3.05, 3.63) is 53.9 Å². The van der Waals surface area contributed by atoms with Gasteiger partial charge in [0, 0.05) is 18.7 Å². The Balaban J connectivity index is 1.89. The molecule has 0 atom stereocenters. The van der Waals surface area contributed by atoms with Gasteiger partial charge in [-0.15, -0.1) is 0 Å². The molecule has 1 aliphatic heterocycles. The number of carbonyl (C=O) groups excluding carboxylic acids is 1. The number of hydrogen-bond donors (Lipinski definition) is 1. The highest BCUT2D eigenvalue weighted by atomic mass is 32.1. The predicted octanol–water partition coefficient (Wildman–Crippen LogP) is 2.63. The summed E-state index contributed by atoms with van der Waals surface area (Å²) in [5.74, 6) is 1.21. The van der Waals surface area contributed by atoms with Crippen LogP contribution in [0.15, 0.2) is 52.6 Å². The lowest BCUT2D eigenvalue weighted by Crippen LogP contribution is -2.25. The SMILES string of the molecule is CN1C(=O)C(=Cc2ccc(-c3ccccc3)o2)NC1=S. The van der Waals surface area contributed by atoms with Crippen LogP contribution in [0.25, 0.3) is 17.4 Å². The number of furan rings is 1. The van der Waals surface area contributed by atoms with Gasteiger partial charge in [-0.1, -0.05) is 30.3 Å². The number of likely N-dealkylation sites (N-methyl/N-ethyl adjacent to an activating group) is 1. The molecule has 100 valence electrons. The zero-order valence-electron chi connectivity index (χ0n) is 10.8. The number of nitrogens with zero attached hydrogens (tertiary/aromatic N) is 1. The Bertz CT molecular complexity index is 704. The molecule has 0 saturated carbocycles. The maximum atomic E-state index is 11.9. The molecular formula is C15H12N2O2S. The predicted molar refractivity (Wildman–Crippen MR) is 80.6 cm³/mol.